The fraction of sp³-hybridized carbons (Fsp3) is 0.211. The molecule has 0 aliphatic heterocycles. The number of nitrogens with zero attached hydrogens (tertiary/aromatic N) is 12. The summed E-state index contributed by atoms with van der Waals surface area (Å²) in [4.78, 5) is 12.2. The molecule has 9 aromatic rings. The second-order valence-corrected chi connectivity index (χ2v) is 18.1. The van der Waals surface area contributed by atoms with Gasteiger partial charge in [-0.05, 0) is 108 Å². The van der Waals surface area contributed by atoms with Gasteiger partial charge in [-0.3, -0.25) is 29.0 Å². The van der Waals surface area contributed by atoms with Gasteiger partial charge in [-0.25, -0.2) is 0 Å². The summed E-state index contributed by atoms with van der Waals surface area (Å²) < 4.78 is 5.29. The zero-order chi connectivity index (χ0) is 51.7. The van der Waals surface area contributed by atoms with Crippen LogP contribution in [0.5, 0.6) is 0 Å². The number of benzene rings is 3. The van der Waals surface area contributed by atoms with E-state index in [0.29, 0.717) is 19.6 Å². The molecule has 378 valence electrons. The molecular weight excluding hydrogens is 949 g/mol. The average molecular weight is 1000 g/mol. The summed E-state index contributed by atoms with van der Waals surface area (Å²) in [6.07, 6.45) is 21.3. The summed E-state index contributed by atoms with van der Waals surface area (Å²) in [5.41, 5.74) is 20.6. The standard InChI is InChI=1S/3C19H18N4O2/c3*24-10-9-23-12-17(19(21-23)13-5-7-20-8-6-13)15-1-3-16-14(11-15)2-4-18(16)22-25/h3*1,3,5-8,11-12,24-25H,2,4,9-10H2/b3*22-18+. The first-order valence-corrected chi connectivity index (χ1v) is 24.7. The Labute approximate surface area is 431 Å². The summed E-state index contributed by atoms with van der Waals surface area (Å²) in [5, 5.41) is 79.1. The maximum absolute atomic E-state index is 9.24. The topological polar surface area (TPSA) is 251 Å². The molecule has 6 aromatic heterocycles. The van der Waals surface area contributed by atoms with E-state index >= 15 is 0 Å². The maximum atomic E-state index is 9.24. The average Bonchev–Trinajstić information content (AvgIpc) is 4.35. The molecule has 0 amide bonds. The number of aliphatic hydroxyl groups excluding tert-OH is 3. The monoisotopic (exact) mass is 1000 g/mol. The normalized spacial score (nSPS) is 14.8. The first-order chi connectivity index (χ1) is 36.9. The molecule has 6 N–H and O–H groups in total. The molecule has 3 aromatic carbocycles. The van der Waals surface area contributed by atoms with Crippen molar-refractivity contribution in [3.05, 3.63) is 180 Å². The molecule has 0 saturated carbocycles. The second kappa shape index (κ2) is 22.8. The van der Waals surface area contributed by atoms with Gasteiger partial charge in [-0.1, -0.05) is 70.1 Å². The van der Waals surface area contributed by atoms with Crippen molar-refractivity contribution in [3.8, 4) is 67.2 Å². The summed E-state index contributed by atoms with van der Waals surface area (Å²) in [5.74, 6) is 0. The number of pyridine rings is 3. The summed E-state index contributed by atoms with van der Waals surface area (Å²) >= 11 is 0. The Morgan fingerprint density at radius 2 is 0.627 bits per heavy atom. The highest BCUT2D eigenvalue weighted by Gasteiger charge is 2.24. The lowest BCUT2D eigenvalue weighted by molar-refractivity contribution is 0.269. The lowest BCUT2D eigenvalue weighted by atomic mass is 9.98. The number of hydrogen-bond donors (Lipinski definition) is 6. The van der Waals surface area contributed by atoms with Crippen LogP contribution in [0.4, 0.5) is 0 Å². The molecule has 3 aliphatic carbocycles. The Morgan fingerprint density at radius 3 is 0.880 bits per heavy atom. The SMILES string of the molecule is OCCn1cc(-c2ccc3c(c2)CC/C3=N\O)c(-c2ccncc2)n1.OCCn1cc(-c2ccc3c(c2)CC/C3=N\O)c(-c2ccncc2)n1.OCCn1cc(-c2ccc3c(c2)CC/C3=N\O)c(-c2ccncc2)n1. The van der Waals surface area contributed by atoms with Crippen molar-refractivity contribution in [1.29, 1.82) is 0 Å². The molecule has 0 unspecified atom stereocenters. The Balaban J connectivity index is 0.000000128. The van der Waals surface area contributed by atoms with E-state index in [1.54, 1.807) is 51.2 Å². The van der Waals surface area contributed by atoms with Gasteiger partial charge in [0.15, 0.2) is 0 Å². The van der Waals surface area contributed by atoms with Gasteiger partial charge in [-0.2, -0.15) is 15.3 Å². The van der Waals surface area contributed by atoms with Crippen molar-refractivity contribution in [2.45, 2.75) is 58.2 Å². The first kappa shape index (κ1) is 49.6. The van der Waals surface area contributed by atoms with E-state index in [2.05, 4.69) is 63.9 Å². The van der Waals surface area contributed by atoms with Crippen LogP contribution in [0.1, 0.15) is 52.6 Å². The number of hydrogen-bond acceptors (Lipinski definition) is 15. The number of rotatable bonds is 12. The Kier molecular flexibility index (Phi) is 15.1. The van der Waals surface area contributed by atoms with Crippen molar-refractivity contribution in [3.63, 3.8) is 0 Å². The quantitative estimate of drug-likeness (QED) is 0.0501. The Bertz CT molecular complexity index is 3160. The minimum Gasteiger partial charge on any atom is -0.411 e. The van der Waals surface area contributed by atoms with Crippen LogP contribution in [0, 0.1) is 0 Å². The number of aromatic nitrogens is 9. The third-order valence-corrected chi connectivity index (χ3v) is 13.6. The third-order valence-electron chi connectivity index (χ3n) is 13.6. The van der Waals surface area contributed by atoms with Gasteiger partial charge in [-0.15, -0.1) is 0 Å². The summed E-state index contributed by atoms with van der Waals surface area (Å²) in [6, 6.07) is 30.1. The van der Waals surface area contributed by atoms with E-state index in [0.717, 1.165) is 140 Å². The molecule has 12 rings (SSSR count). The predicted molar refractivity (Wildman–Crippen MR) is 284 cm³/mol. The van der Waals surface area contributed by atoms with Crippen LogP contribution in [-0.2, 0) is 38.9 Å². The molecule has 0 bridgehead atoms. The fourth-order valence-corrected chi connectivity index (χ4v) is 9.94. The van der Waals surface area contributed by atoms with Gasteiger partial charge in [0.2, 0.25) is 0 Å². The highest BCUT2D eigenvalue weighted by Crippen LogP contribution is 2.37. The van der Waals surface area contributed by atoms with Gasteiger partial charge >= 0.3 is 0 Å². The van der Waals surface area contributed by atoms with E-state index in [1.807, 2.05) is 91.4 Å². The smallest absolute Gasteiger partial charge is 0.100 e. The molecule has 6 heterocycles. The zero-order valence-corrected chi connectivity index (χ0v) is 40.9. The Hall–Kier alpha value is -8.97. The predicted octanol–water partition coefficient (Wildman–Crippen LogP) is 8.19. The lowest BCUT2D eigenvalue weighted by Gasteiger charge is -2.05. The lowest BCUT2D eigenvalue weighted by Crippen LogP contribution is -2.02. The highest BCUT2D eigenvalue weighted by atomic mass is 16.4. The van der Waals surface area contributed by atoms with Crippen molar-refractivity contribution in [2.24, 2.45) is 15.5 Å². The largest absolute Gasteiger partial charge is 0.411 e. The molecule has 75 heavy (non-hydrogen) atoms. The first-order valence-electron chi connectivity index (χ1n) is 24.7. The van der Waals surface area contributed by atoms with Crippen molar-refractivity contribution in [2.75, 3.05) is 19.8 Å². The minimum atomic E-state index is 0.0391. The minimum absolute atomic E-state index is 0.0391. The van der Waals surface area contributed by atoms with Crippen molar-refractivity contribution < 1.29 is 30.9 Å². The molecule has 0 saturated heterocycles. The zero-order valence-electron chi connectivity index (χ0n) is 40.9. The van der Waals surface area contributed by atoms with E-state index in [9.17, 15) is 15.3 Å². The molecular formula is C57H54N12O6. The number of aliphatic hydroxyl groups is 3. The second-order valence-electron chi connectivity index (χ2n) is 18.1. The van der Waals surface area contributed by atoms with E-state index < -0.39 is 0 Å². The van der Waals surface area contributed by atoms with Crippen LogP contribution in [0.3, 0.4) is 0 Å². The van der Waals surface area contributed by atoms with Crippen LogP contribution in [0.25, 0.3) is 67.2 Å². The molecule has 0 spiro atoms. The van der Waals surface area contributed by atoms with Gasteiger partial charge in [0.1, 0.15) is 17.1 Å². The van der Waals surface area contributed by atoms with Crippen LogP contribution >= 0.6 is 0 Å². The van der Waals surface area contributed by atoms with E-state index in [-0.39, 0.29) is 19.8 Å². The molecule has 3 aliphatic rings. The van der Waals surface area contributed by atoms with Gasteiger partial charge in [0.25, 0.3) is 0 Å². The number of oxime groups is 3. The van der Waals surface area contributed by atoms with Crippen LogP contribution in [0.2, 0.25) is 0 Å². The molecule has 18 heteroatoms. The summed E-state index contributed by atoms with van der Waals surface area (Å²) in [6.45, 7) is 1.46. The van der Waals surface area contributed by atoms with Gasteiger partial charge < -0.3 is 30.9 Å². The number of fused-ring (bicyclic) bond motifs is 3. The van der Waals surface area contributed by atoms with Gasteiger partial charge in [0.05, 0.1) is 56.6 Å². The summed E-state index contributed by atoms with van der Waals surface area (Å²) in [7, 11) is 0. The third kappa shape index (κ3) is 10.6. The molecule has 0 atom stereocenters. The highest BCUT2D eigenvalue weighted by molar-refractivity contribution is 6.06. The van der Waals surface area contributed by atoms with E-state index in [1.165, 1.54) is 16.7 Å². The molecule has 0 radical (unpaired) electrons. The maximum Gasteiger partial charge on any atom is 0.100 e. The van der Waals surface area contributed by atoms with Crippen molar-refractivity contribution in [1.82, 2.24) is 44.3 Å². The van der Waals surface area contributed by atoms with Crippen LogP contribution < -0.4 is 0 Å². The molecule has 0 fully saturated rings. The number of aryl methyl sites for hydroxylation is 3. The van der Waals surface area contributed by atoms with Crippen molar-refractivity contribution >= 4 is 17.1 Å². The fourth-order valence-electron chi connectivity index (χ4n) is 9.94. The Morgan fingerprint density at radius 1 is 0.347 bits per heavy atom. The van der Waals surface area contributed by atoms with Crippen LogP contribution in [0.15, 0.2) is 162 Å². The van der Waals surface area contributed by atoms with E-state index in [4.69, 9.17) is 15.6 Å². The molecule has 18 nitrogen and oxygen atoms in total. The van der Waals surface area contributed by atoms with Gasteiger partial charge in [0, 0.05) is 106 Å². The van der Waals surface area contributed by atoms with Crippen LogP contribution in [-0.4, -0.2) is 112 Å².